The number of aromatic nitrogens is 1. The zero-order valence-electron chi connectivity index (χ0n) is 15.1. The van der Waals surface area contributed by atoms with Gasteiger partial charge in [0.1, 0.15) is 12.2 Å². The number of hydrogen-bond acceptors (Lipinski definition) is 6. The summed E-state index contributed by atoms with van der Waals surface area (Å²) < 4.78 is 16.3. The Bertz CT molecular complexity index is 856. The van der Waals surface area contributed by atoms with E-state index in [9.17, 15) is 9.59 Å². The fourth-order valence-corrected chi connectivity index (χ4v) is 3.92. The molecule has 140 valence electrons. The Morgan fingerprint density at radius 1 is 1.19 bits per heavy atom. The summed E-state index contributed by atoms with van der Waals surface area (Å²) in [6.07, 6.45) is 2.45. The van der Waals surface area contributed by atoms with Gasteiger partial charge in [0, 0.05) is 11.6 Å². The lowest BCUT2D eigenvalue weighted by Crippen LogP contribution is -2.34. The van der Waals surface area contributed by atoms with E-state index in [4.69, 9.17) is 14.2 Å². The van der Waals surface area contributed by atoms with Crippen molar-refractivity contribution in [3.05, 3.63) is 59.3 Å². The number of pyridine rings is 1. The zero-order chi connectivity index (χ0) is 18.9. The van der Waals surface area contributed by atoms with E-state index >= 15 is 0 Å². The van der Waals surface area contributed by atoms with Gasteiger partial charge in [0.15, 0.2) is 5.69 Å². The first kappa shape index (κ1) is 17.5. The molecule has 2 aromatic rings. The van der Waals surface area contributed by atoms with Crippen molar-refractivity contribution in [1.82, 2.24) is 4.98 Å². The van der Waals surface area contributed by atoms with Crippen molar-refractivity contribution in [2.45, 2.75) is 37.9 Å². The van der Waals surface area contributed by atoms with Gasteiger partial charge in [0.2, 0.25) is 5.88 Å². The SMILES string of the molecule is COC(=O)C1CCC2(CC1)OC(=O)c1nc(OCc3ccccc3)ccc12. The van der Waals surface area contributed by atoms with Crippen molar-refractivity contribution < 1.29 is 23.8 Å². The topological polar surface area (TPSA) is 74.7 Å². The molecule has 1 spiro atoms. The molecule has 1 saturated carbocycles. The first-order valence-electron chi connectivity index (χ1n) is 9.11. The Balaban J connectivity index is 1.50. The second-order valence-electron chi connectivity index (χ2n) is 7.00. The van der Waals surface area contributed by atoms with Gasteiger partial charge in [-0.1, -0.05) is 30.3 Å². The summed E-state index contributed by atoms with van der Waals surface area (Å²) in [6, 6.07) is 13.4. The number of esters is 2. The van der Waals surface area contributed by atoms with Gasteiger partial charge in [-0.25, -0.2) is 9.78 Å². The third kappa shape index (κ3) is 3.27. The molecule has 0 saturated heterocycles. The van der Waals surface area contributed by atoms with Crippen LogP contribution < -0.4 is 4.74 Å². The Kier molecular flexibility index (Phi) is 4.56. The molecule has 6 heteroatoms. The van der Waals surface area contributed by atoms with Gasteiger partial charge in [-0.3, -0.25) is 4.79 Å². The minimum atomic E-state index is -0.679. The van der Waals surface area contributed by atoms with Crippen LogP contribution in [0.4, 0.5) is 0 Å². The highest BCUT2D eigenvalue weighted by Crippen LogP contribution is 2.48. The van der Waals surface area contributed by atoms with Gasteiger partial charge < -0.3 is 14.2 Å². The molecule has 2 heterocycles. The molecule has 27 heavy (non-hydrogen) atoms. The molecule has 0 atom stereocenters. The molecular formula is C21H21NO5. The second-order valence-corrected chi connectivity index (χ2v) is 7.00. The van der Waals surface area contributed by atoms with Crippen molar-refractivity contribution in [3.8, 4) is 5.88 Å². The molecule has 1 aliphatic heterocycles. The van der Waals surface area contributed by atoms with Crippen LogP contribution in [0.25, 0.3) is 0 Å². The summed E-state index contributed by atoms with van der Waals surface area (Å²) in [5.74, 6) is -0.358. The van der Waals surface area contributed by atoms with Crippen molar-refractivity contribution in [3.63, 3.8) is 0 Å². The van der Waals surface area contributed by atoms with Gasteiger partial charge in [0.25, 0.3) is 0 Å². The van der Waals surface area contributed by atoms with Crippen LogP contribution in [0.15, 0.2) is 42.5 Å². The van der Waals surface area contributed by atoms with E-state index in [1.54, 1.807) is 6.07 Å². The van der Waals surface area contributed by atoms with E-state index in [-0.39, 0.29) is 11.9 Å². The molecule has 1 aliphatic carbocycles. The molecule has 0 unspecified atom stereocenters. The molecule has 6 nitrogen and oxygen atoms in total. The molecule has 0 amide bonds. The number of benzene rings is 1. The van der Waals surface area contributed by atoms with Crippen molar-refractivity contribution in [2.24, 2.45) is 5.92 Å². The molecule has 0 N–H and O–H groups in total. The number of rotatable bonds is 4. The Morgan fingerprint density at radius 2 is 1.93 bits per heavy atom. The average Bonchev–Trinajstić information content (AvgIpc) is 2.98. The van der Waals surface area contributed by atoms with E-state index in [0.717, 1.165) is 11.1 Å². The minimum absolute atomic E-state index is 0.134. The standard InChI is InChI=1S/C21H21NO5/c1-25-19(23)15-9-11-21(12-10-15)16-7-8-17(22-18(16)20(24)27-21)26-13-14-5-3-2-4-6-14/h2-8,15H,9-13H2,1H3. The monoisotopic (exact) mass is 367 g/mol. The van der Waals surface area contributed by atoms with Crippen LogP contribution in [0.5, 0.6) is 5.88 Å². The van der Waals surface area contributed by atoms with E-state index in [0.29, 0.717) is 43.9 Å². The van der Waals surface area contributed by atoms with E-state index < -0.39 is 11.6 Å². The molecule has 1 fully saturated rings. The predicted molar refractivity (Wildman–Crippen MR) is 96.1 cm³/mol. The van der Waals surface area contributed by atoms with Crippen LogP contribution >= 0.6 is 0 Å². The summed E-state index contributed by atoms with van der Waals surface area (Å²) in [5.41, 5.74) is 1.46. The van der Waals surface area contributed by atoms with Crippen LogP contribution in [-0.4, -0.2) is 24.0 Å². The van der Waals surface area contributed by atoms with Crippen LogP contribution in [-0.2, 0) is 26.5 Å². The molecule has 0 bridgehead atoms. The third-order valence-electron chi connectivity index (χ3n) is 5.40. The van der Waals surface area contributed by atoms with Crippen LogP contribution in [0.2, 0.25) is 0 Å². The van der Waals surface area contributed by atoms with Gasteiger partial charge in [-0.05, 0) is 37.3 Å². The number of ether oxygens (including phenoxy) is 3. The fourth-order valence-electron chi connectivity index (χ4n) is 3.92. The number of carbonyl (C=O) groups excluding carboxylic acids is 2. The maximum atomic E-state index is 12.4. The lowest BCUT2D eigenvalue weighted by Gasteiger charge is -2.35. The molecular weight excluding hydrogens is 346 g/mol. The summed E-state index contributed by atoms with van der Waals surface area (Å²) in [6.45, 7) is 0.383. The van der Waals surface area contributed by atoms with Crippen molar-refractivity contribution >= 4 is 11.9 Å². The van der Waals surface area contributed by atoms with Gasteiger partial charge in [-0.15, -0.1) is 0 Å². The molecule has 0 radical (unpaired) electrons. The van der Waals surface area contributed by atoms with Gasteiger partial charge >= 0.3 is 11.9 Å². The van der Waals surface area contributed by atoms with E-state index in [1.807, 2.05) is 36.4 Å². The highest BCUT2D eigenvalue weighted by atomic mass is 16.6. The van der Waals surface area contributed by atoms with E-state index in [2.05, 4.69) is 4.98 Å². The highest BCUT2D eigenvalue weighted by molar-refractivity contribution is 5.93. The Labute approximate surface area is 157 Å². The Hall–Kier alpha value is -2.89. The Morgan fingerprint density at radius 3 is 2.63 bits per heavy atom. The quantitative estimate of drug-likeness (QED) is 0.771. The van der Waals surface area contributed by atoms with Crippen LogP contribution in [0, 0.1) is 5.92 Å². The number of nitrogens with zero attached hydrogens (tertiary/aromatic N) is 1. The van der Waals surface area contributed by atoms with E-state index in [1.165, 1.54) is 7.11 Å². The maximum Gasteiger partial charge on any atom is 0.358 e. The highest BCUT2D eigenvalue weighted by Gasteiger charge is 2.49. The van der Waals surface area contributed by atoms with Crippen LogP contribution in [0.1, 0.15) is 47.3 Å². The molecule has 1 aromatic heterocycles. The second kappa shape index (κ2) is 7.02. The van der Waals surface area contributed by atoms with Crippen molar-refractivity contribution in [1.29, 1.82) is 0 Å². The first-order valence-corrected chi connectivity index (χ1v) is 9.11. The van der Waals surface area contributed by atoms with Crippen LogP contribution in [0.3, 0.4) is 0 Å². The molecule has 2 aliphatic rings. The predicted octanol–water partition coefficient (Wildman–Crippen LogP) is 3.39. The summed E-state index contributed by atoms with van der Waals surface area (Å²) in [5, 5.41) is 0. The summed E-state index contributed by atoms with van der Waals surface area (Å²) in [7, 11) is 1.40. The molecule has 1 aromatic carbocycles. The van der Waals surface area contributed by atoms with Crippen molar-refractivity contribution in [2.75, 3.05) is 7.11 Å². The lowest BCUT2D eigenvalue weighted by atomic mass is 9.75. The largest absolute Gasteiger partial charge is 0.473 e. The first-order chi connectivity index (χ1) is 13.1. The number of carbonyl (C=O) groups is 2. The summed E-state index contributed by atoms with van der Waals surface area (Å²) >= 11 is 0. The number of methoxy groups -OCH3 is 1. The molecule has 4 rings (SSSR count). The number of fused-ring (bicyclic) bond motifs is 2. The third-order valence-corrected chi connectivity index (χ3v) is 5.40. The maximum absolute atomic E-state index is 12.4. The number of hydrogen-bond donors (Lipinski definition) is 0. The fraction of sp³-hybridized carbons (Fsp3) is 0.381. The zero-order valence-corrected chi connectivity index (χ0v) is 15.1. The minimum Gasteiger partial charge on any atom is -0.473 e. The normalized spacial score (nSPS) is 23.6. The van der Waals surface area contributed by atoms with Gasteiger partial charge in [-0.2, -0.15) is 0 Å². The lowest BCUT2D eigenvalue weighted by molar-refractivity contribution is -0.148. The summed E-state index contributed by atoms with van der Waals surface area (Å²) in [4.78, 5) is 28.5. The smallest absolute Gasteiger partial charge is 0.358 e. The average molecular weight is 367 g/mol. The van der Waals surface area contributed by atoms with Gasteiger partial charge in [0.05, 0.1) is 13.0 Å².